The minimum Gasteiger partial charge on any atom is -0.0753 e. The lowest BCUT2D eigenvalue weighted by Crippen LogP contribution is -2.41. The lowest BCUT2D eigenvalue weighted by molar-refractivity contribution is 0.406. The first-order chi connectivity index (χ1) is 7.77. The molecule has 1 spiro atoms. The molecule has 0 aromatic heterocycles. The standard InChI is InChI=1S/C16H28Si/c1-9-10(2)14(6)17(13(9)5)15(7)11(3)12(4)16(17)8/h9-10,13-14H,1-8H3/t9-,10+,13-,14+. The summed E-state index contributed by atoms with van der Waals surface area (Å²) in [5.74, 6) is 1.78. The van der Waals surface area contributed by atoms with Crippen LogP contribution in [0.2, 0.25) is 11.1 Å². The summed E-state index contributed by atoms with van der Waals surface area (Å²) in [4.78, 5) is 0. The van der Waals surface area contributed by atoms with E-state index in [0.29, 0.717) is 0 Å². The summed E-state index contributed by atoms with van der Waals surface area (Å²) in [6.45, 7) is 19.6. The van der Waals surface area contributed by atoms with Crippen molar-refractivity contribution in [1.29, 1.82) is 0 Å². The van der Waals surface area contributed by atoms with Gasteiger partial charge in [-0.15, -0.1) is 0 Å². The van der Waals surface area contributed by atoms with Crippen molar-refractivity contribution >= 4 is 8.07 Å². The maximum atomic E-state index is 2.54. The van der Waals surface area contributed by atoms with Gasteiger partial charge >= 0.3 is 0 Å². The van der Waals surface area contributed by atoms with Crippen LogP contribution in [0.5, 0.6) is 0 Å². The van der Waals surface area contributed by atoms with Gasteiger partial charge in [-0.2, -0.15) is 0 Å². The third-order valence-electron chi connectivity index (χ3n) is 6.77. The molecule has 2 rings (SSSR count). The second-order valence-electron chi connectivity index (χ2n) is 6.66. The van der Waals surface area contributed by atoms with E-state index >= 15 is 0 Å². The molecule has 96 valence electrons. The number of hydrogen-bond donors (Lipinski definition) is 0. The molecule has 2 aliphatic heterocycles. The minimum absolute atomic E-state index is 0.889. The molecule has 0 radical (unpaired) electrons. The van der Waals surface area contributed by atoms with Crippen molar-refractivity contribution < 1.29 is 0 Å². The molecule has 2 aliphatic rings. The van der Waals surface area contributed by atoms with Crippen LogP contribution < -0.4 is 0 Å². The fraction of sp³-hybridized carbons (Fsp3) is 0.750. The van der Waals surface area contributed by atoms with Crippen LogP contribution >= 0.6 is 0 Å². The second kappa shape index (κ2) is 3.84. The molecule has 1 heteroatoms. The van der Waals surface area contributed by atoms with Crippen LogP contribution in [0.3, 0.4) is 0 Å². The first-order valence-corrected chi connectivity index (χ1v) is 9.29. The van der Waals surface area contributed by atoms with E-state index in [-0.39, 0.29) is 0 Å². The van der Waals surface area contributed by atoms with Gasteiger partial charge in [-0.25, -0.2) is 0 Å². The van der Waals surface area contributed by atoms with Crippen LogP contribution in [0.15, 0.2) is 21.5 Å². The average Bonchev–Trinajstić information content (AvgIpc) is 2.58. The zero-order valence-electron chi connectivity index (χ0n) is 12.8. The summed E-state index contributed by atoms with van der Waals surface area (Å²) in [7, 11) is -1.38. The molecule has 0 aromatic carbocycles. The highest BCUT2D eigenvalue weighted by atomic mass is 28.3. The molecule has 0 bridgehead atoms. The van der Waals surface area contributed by atoms with Crippen LogP contribution in [0.25, 0.3) is 0 Å². The fourth-order valence-corrected chi connectivity index (χ4v) is 13.0. The van der Waals surface area contributed by atoms with Crippen molar-refractivity contribution in [2.24, 2.45) is 11.8 Å². The molecule has 4 atom stereocenters. The Bertz CT molecular complexity index is 373. The van der Waals surface area contributed by atoms with Crippen LogP contribution in [0.4, 0.5) is 0 Å². The van der Waals surface area contributed by atoms with Gasteiger partial charge < -0.3 is 0 Å². The lowest BCUT2D eigenvalue weighted by Gasteiger charge is -2.36. The predicted molar refractivity (Wildman–Crippen MR) is 79.7 cm³/mol. The Balaban J connectivity index is 2.66. The summed E-state index contributed by atoms with van der Waals surface area (Å²) in [5.41, 5.74) is 5.07. The van der Waals surface area contributed by atoms with Crippen molar-refractivity contribution in [3.8, 4) is 0 Å². The van der Waals surface area contributed by atoms with Gasteiger partial charge in [0, 0.05) is 0 Å². The Hall–Kier alpha value is -0.303. The van der Waals surface area contributed by atoms with E-state index in [9.17, 15) is 0 Å². The van der Waals surface area contributed by atoms with Gasteiger partial charge in [-0.05, 0) is 50.6 Å². The molecule has 1 fully saturated rings. The van der Waals surface area contributed by atoms with Gasteiger partial charge in [-0.3, -0.25) is 0 Å². The molecule has 0 saturated carbocycles. The Morgan fingerprint density at radius 1 is 0.647 bits per heavy atom. The Labute approximate surface area is 108 Å². The van der Waals surface area contributed by atoms with E-state index < -0.39 is 8.07 Å². The highest BCUT2D eigenvalue weighted by molar-refractivity contribution is 6.96. The normalized spacial score (nSPS) is 40.9. The number of rotatable bonds is 0. The van der Waals surface area contributed by atoms with Gasteiger partial charge in [0.1, 0.15) is 8.07 Å². The SMILES string of the molecule is CC1=C(C)[Si]2(C(C)=C1C)[C@H](C)[C@H](C)[C@H](C)[C@@H]2C. The van der Waals surface area contributed by atoms with Gasteiger partial charge in [0.2, 0.25) is 0 Å². The molecule has 0 N–H and O–H groups in total. The molecule has 0 aliphatic carbocycles. The van der Waals surface area contributed by atoms with Gasteiger partial charge in [0.05, 0.1) is 0 Å². The molecule has 1 saturated heterocycles. The first kappa shape index (κ1) is 13.1. The third-order valence-corrected chi connectivity index (χ3v) is 13.9. The van der Waals surface area contributed by atoms with Crippen LogP contribution in [0, 0.1) is 11.8 Å². The first-order valence-electron chi connectivity index (χ1n) is 7.14. The van der Waals surface area contributed by atoms with Crippen molar-refractivity contribution in [2.45, 2.75) is 66.5 Å². The van der Waals surface area contributed by atoms with E-state index in [1.165, 1.54) is 0 Å². The van der Waals surface area contributed by atoms with Crippen molar-refractivity contribution in [3.63, 3.8) is 0 Å². The van der Waals surface area contributed by atoms with Crippen LogP contribution in [0.1, 0.15) is 55.4 Å². The zero-order chi connectivity index (χ0) is 13.1. The summed E-state index contributed by atoms with van der Waals surface area (Å²) in [6, 6.07) is 0. The van der Waals surface area contributed by atoms with Crippen LogP contribution in [-0.4, -0.2) is 8.07 Å². The maximum Gasteiger partial charge on any atom is 0.114 e. The molecule has 0 nitrogen and oxygen atoms in total. The van der Waals surface area contributed by atoms with Crippen molar-refractivity contribution in [1.82, 2.24) is 0 Å². The topological polar surface area (TPSA) is 0 Å². The summed E-state index contributed by atoms with van der Waals surface area (Å²) in [6.07, 6.45) is 0. The zero-order valence-corrected chi connectivity index (χ0v) is 13.8. The van der Waals surface area contributed by atoms with Crippen LogP contribution in [-0.2, 0) is 0 Å². The maximum absolute atomic E-state index is 2.54. The van der Waals surface area contributed by atoms with Gasteiger partial charge in [0.15, 0.2) is 0 Å². The molecule has 2 heterocycles. The van der Waals surface area contributed by atoms with Gasteiger partial charge in [-0.1, -0.05) is 49.2 Å². The Morgan fingerprint density at radius 2 is 0.941 bits per heavy atom. The largest absolute Gasteiger partial charge is 0.114 e. The number of allylic oxidation sites excluding steroid dienone is 4. The smallest absolute Gasteiger partial charge is 0.0753 e. The van der Waals surface area contributed by atoms with E-state index in [4.69, 9.17) is 0 Å². The molecule has 0 amide bonds. The quantitative estimate of drug-likeness (QED) is 0.513. The summed E-state index contributed by atoms with van der Waals surface area (Å²) in [5, 5.41) is 3.59. The molecular formula is C16H28Si. The highest BCUT2D eigenvalue weighted by Crippen LogP contribution is 2.62. The molecular weight excluding hydrogens is 220 g/mol. The summed E-state index contributed by atoms with van der Waals surface area (Å²) < 4.78 is 0. The molecule has 0 aromatic rings. The fourth-order valence-electron chi connectivity index (χ4n) is 4.98. The minimum atomic E-state index is -1.38. The predicted octanol–water partition coefficient (Wildman–Crippen LogP) is 5.27. The van der Waals surface area contributed by atoms with E-state index in [1.807, 2.05) is 0 Å². The molecule has 0 unspecified atom stereocenters. The Kier molecular flexibility index (Phi) is 2.97. The highest BCUT2D eigenvalue weighted by Gasteiger charge is 2.59. The average molecular weight is 248 g/mol. The van der Waals surface area contributed by atoms with E-state index in [2.05, 4.69) is 55.4 Å². The summed E-state index contributed by atoms with van der Waals surface area (Å²) >= 11 is 0. The van der Waals surface area contributed by atoms with E-state index in [0.717, 1.165) is 22.9 Å². The second-order valence-corrected chi connectivity index (χ2v) is 11.7. The van der Waals surface area contributed by atoms with Crippen molar-refractivity contribution in [3.05, 3.63) is 21.5 Å². The third kappa shape index (κ3) is 1.29. The van der Waals surface area contributed by atoms with Crippen molar-refractivity contribution in [2.75, 3.05) is 0 Å². The monoisotopic (exact) mass is 248 g/mol. The Morgan fingerprint density at radius 3 is 1.24 bits per heavy atom. The number of hydrogen-bond acceptors (Lipinski definition) is 0. The lowest BCUT2D eigenvalue weighted by atomic mass is 9.92. The van der Waals surface area contributed by atoms with Gasteiger partial charge in [0.25, 0.3) is 0 Å². The van der Waals surface area contributed by atoms with E-state index in [1.54, 1.807) is 21.5 Å². The molecule has 17 heavy (non-hydrogen) atoms.